The monoisotopic (exact) mass is 651 g/mol. The van der Waals surface area contributed by atoms with Crippen LogP contribution in [0.25, 0.3) is 99.9 Å². The third kappa shape index (κ3) is 5.13. The van der Waals surface area contributed by atoms with Gasteiger partial charge in [-0.15, -0.1) is 0 Å². The second kappa shape index (κ2) is 11.9. The summed E-state index contributed by atoms with van der Waals surface area (Å²) >= 11 is 0. The van der Waals surface area contributed by atoms with Gasteiger partial charge in [0.25, 0.3) is 0 Å². The molecule has 8 aromatic carbocycles. The van der Waals surface area contributed by atoms with Gasteiger partial charge in [-0.2, -0.15) is 0 Å². The van der Waals surface area contributed by atoms with E-state index in [0.29, 0.717) is 17.5 Å². The van der Waals surface area contributed by atoms with Gasteiger partial charge in [0.15, 0.2) is 17.5 Å². The van der Waals surface area contributed by atoms with Crippen LogP contribution in [0.3, 0.4) is 0 Å². The van der Waals surface area contributed by atoms with Crippen LogP contribution in [-0.2, 0) is 0 Å². The molecule has 10 rings (SSSR count). The largest absolute Gasteiger partial charge is 0.455 e. The lowest BCUT2D eigenvalue weighted by molar-refractivity contribution is 0.673. The van der Waals surface area contributed by atoms with Gasteiger partial charge in [-0.1, -0.05) is 146 Å². The summed E-state index contributed by atoms with van der Waals surface area (Å²) in [4.78, 5) is 15.3. The number of furan rings is 1. The maximum atomic E-state index is 6.71. The second-order valence-electron chi connectivity index (χ2n) is 12.8. The van der Waals surface area contributed by atoms with E-state index >= 15 is 0 Å². The van der Waals surface area contributed by atoms with E-state index in [2.05, 4.69) is 140 Å². The van der Waals surface area contributed by atoms with Crippen molar-refractivity contribution in [3.63, 3.8) is 0 Å². The lowest BCUT2D eigenvalue weighted by Crippen LogP contribution is -2.00. The number of hydrogen-bond donors (Lipinski definition) is 0. The quantitative estimate of drug-likeness (QED) is 0.186. The molecule has 0 saturated carbocycles. The summed E-state index contributed by atoms with van der Waals surface area (Å²) in [5.41, 5.74) is 9.13. The molecule has 2 heterocycles. The summed E-state index contributed by atoms with van der Waals surface area (Å²) in [6.45, 7) is 0. The van der Waals surface area contributed by atoms with Crippen LogP contribution in [0.2, 0.25) is 0 Å². The van der Waals surface area contributed by atoms with E-state index in [9.17, 15) is 0 Å². The second-order valence-corrected chi connectivity index (χ2v) is 12.8. The van der Waals surface area contributed by atoms with E-state index in [4.69, 9.17) is 19.4 Å². The van der Waals surface area contributed by atoms with Crippen molar-refractivity contribution in [3.8, 4) is 56.4 Å². The first kappa shape index (κ1) is 29.0. The van der Waals surface area contributed by atoms with Crippen molar-refractivity contribution in [3.05, 3.63) is 176 Å². The zero-order valence-corrected chi connectivity index (χ0v) is 27.5. The van der Waals surface area contributed by atoms with E-state index < -0.39 is 0 Å². The molecule has 2 aromatic heterocycles. The molecule has 10 aromatic rings. The molecule has 4 heteroatoms. The van der Waals surface area contributed by atoms with Crippen LogP contribution in [0.4, 0.5) is 0 Å². The zero-order chi connectivity index (χ0) is 33.7. The molecule has 0 bridgehead atoms. The predicted molar refractivity (Wildman–Crippen MR) is 209 cm³/mol. The molecule has 0 spiro atoms. The maximum Gasteiger partial charge on any atom is 0.164 e. The first-order valence-corrected chi connectivity index (χ1v) is 17.1. The Labute approximate surface area is 294 Å². The van der Waals surface area contributed by atoms with E-state index in [0.717, 1.165) is 65.9 Å². The van der Waals surface area contributed by atoms with Crippen molar-refractivity contribution in [1.82, 2.24) is 15.0 Å². The van der Waals surface area contributed by atoms with Gasteiger partial charge in [-0.3, -0.25) is 0 Å². The van der Waals surface area contributed by atoms with Crippen LogP contribution < -0.4 is 0 Å². The standard InChI is InChI=1S/C47H29N3O/c1-3-12-30(13-4-1)34-18-11-19-35(26-34)36-24-25-39-41-29-42(38-20-9-10-21-40(38)44(41)51-43(39)28-36)47-49-45(32-15-5-2-6-16-32)48-46(50-47)37-23-22-31-14-7-8-17-33(31)27-37/h1-29H. The summed E-state index contributed by atoms with van der Waals surface area (Å²) in [5, 5.41) is 6.43. The number of benzene rings is 8. The first-order valence-electron chi connectivity index (χ1n) is 17.1. The normalized spacial score (nSPS) is 11.5. The fraction of sp³-hybridized carbons (Fsp3) is 0. The zero-order valence-electron chi connectivity index (χ0n) is 27.5. The minimum Gasteiger partial charge on any atom is -0.455 e. The summed E-state index contributed by atoms with van der Waals surface area (Å²) < 4.78 is 6.71. The molecule has 0 saturated heterocycles. The van der Waals surface area contributed by atoms with E-state index in [1.807, 2.05) is 36.4 Å². The van der Waals surface area contributed by atoms with Crippen molar-refractivity contribution in [1.29, 1.82) is 0 Å². The lowest BCUT2D eigenvalue weighted by Gasteiger charge is -2.11. The van der Waals surface area contributed by atoms with Gasteiger partial charge in [0, 0.05) is 32.8 Å². The highest BCUT2D eigenvalue weighted by atomic mass is 16.3. The van der Waals surface area contributed by atoms with Gasteiger partial charge < -0.3 is 4.42 Å². The van der Waals surface area contributed by atoms with Crippen LogP contribution in [0, 0.1) is 0 Å². The highest BCUT2D eigenvalue weighted by Crippen LogP contribution is 2.41. The van der Waals surface area contributed by atoms with Gasteiger partial charge in [-0.25, -0.2) is 15.0 Å². The average Bonchev–Trinajstić information content (AvgIpc) is 3.59. The number of hydrogen-bond acceptors (Lipinski definition) is 4. The summed E-state index contributed by atoms with van der Waals surface area (Å²) in [6, 6.07) is 61.1. The summed E-state index contributed by atoms with van der Waals surface area (Å²) in [7, 11) is 0. The molecule has 238 valence electrons. The highest BCUT2D eigenvalue weighted by molar-refractivity contribution is 6.19. The Kier molecular flexibility index (Phi) is 6.78. The van der Waals surface area contributed by atoms with Crippen molar-refractivity contribution in [2.24, 2.45) is 0 Å². The first-order chi connectivity index (χ1) is 25.2. The fourth-order valence-electron chi connectivity index (χ4n) is 7.14. The summed E-state index contributed by atoms with van der Waals surface area (Å²) in [5.74, 6) is 1.88. The van der Waals surface area contributed by atoms with E-state index in [1.165, 1.54) is 16.5 Å². The third-order valence-electron chi connectivity index (χ3n) is 9.70. The SMILES string of the molecule is c1ccc(-c2cccc(-c3ccc4c(c3)oc3c5ccccc5c(-c5nc(-c6ccccc6)nc(-c6ccc7ccccc7c6)n5)cc43)c2)cc1. The predicted octanol–water partition coefficient (Wildman–Crippen LogP) is 12.4. The van der Waals surface area contributed by atoms with Crippen molar-refractivity contribution in [2.45, 2.75) is 0 Å². The maximum absolute atomic E-state index is 6.71. The van der Waals surface area contributed by atoms with Gasteiger partial charge in [-0.05, 0) is 68.7 Å². The third-order valence-corrected chi connectivity index (χ3v) is 9.70. The van der Waals surface area contributed by atoms with Crippen molar-refractivity contribution >= 4 is 43.5 Å². The van der Waals surface area contributed by atoms with Gasteiger partial charge >= 0.3 is 0 Å². The van der Waals surface area contributed by atoms with Crippen molar-refractivity contribution < 1.29 is 4.42 Å². The summed E-state index contributed by atoms with van der Waals surface area (Å²) in [6.07, 6.45) is 0. The molecular formula is C47H29N3O. The fourth-order valence-corrected chi connectivity index (χ4v) is 7.14. The Hall–Kier alpha value is -6.91. The molecule has 0 amide bonds. The molecule has 0 aliphatic carbocycles. The Balaban J connectivity index is 1.16. The molecule has 0 fully saturated rings. The van der Waals surface area contributed by atoms with Gasteiger partial charge in [0.2, 0.25) is 0 Å². The molecule has 0 aliphatic heterocycles. The Morgan fingerprint density at radius 3 is 1.71 bits per heavy atom. The minimum atomic E-state index is 0.619. The highest BCUT2D eigenvalue weighted by Gasteiger charge is 2.19. The molecule has 0 radical (unpaired) electrons. The number of rotatable bonds is 5. The Bertz CT molecular complexity index is 2910. The average molecular weight is 652 g/mol. The molecule has 4 nitrogen and oxygen atoms in total. The Morgan fingerprint density at radius 1 is 0.314 bits per heavy atom. The topological polar surface area (TPSA) is 51.8 Å². The van der Waals surface area contributed by atoms with Crippen LogP contribution >= 0.6 is 0 Å². The smallest absolute Gasteiger partial charge is 0.164 e. The van der Waals surface area contributed by atoms with Crippen LogP contribution in [0.5, 0.6) is 0 Å². The van der Waals surface area contributed by atoms with Crippen LogP contribution in [0.15, 0.2) is 180 Å². The Morgan fingerprint density at radius 2 is 0.902 bits per heavy atom. The van der Waals surface area contributed by atoms with Crippen molar-refractivity contribution in [2.75, 3.05) is 0 Å². The number of nitrogens with zero attached hydrogens (tertiary/aromatic N) is 3. The molecule has 51 heavy (non-hydrogen) atoms. The van der Waals surface area contributed by atoms with Crippen LogP contribution in [0.1, 0.15) is 0 Å². The molecule has 0 aliphatic rings. The lowest BCUT2D eigenvalue weighted by atomic mass is 9.97. The van der Waals surface area contributed by atoms with Gasteiger partial charge in [0.1, 0.15) is 11.2 Å². The molecule has 0 N–H and O–H groups in total. The van der Waals surface area contributed by atoms with E-state index in [1.54, 1.807) is 0 Å². The number of aromatic nitrogens is 3. The van der Waals surface area contributed by atoms with Crippen LogP contribution in [-0.4, -0.2) is 15.0 Å². The minimum absolute atomic E-state index is 0.619. The molecule has 0 unspecified atom stereocenters. The van der Waals surface area contributed by atoms with Gasteiger partial charge in [0.05, 0.1) is 0 Å². The van der Waals surface area contributed by atoms with E-state index in [-0.39, 0.29) is 0 Å². The molecular weight excluding hydrogens is 623 g/mol. The number of fused-ring (bicyclic) bond motifs is 6. The molecule has 0 atom stereocenters.